The average molecular weight is 182 g/mol. The van der Waals surface area contributed by atoms with Crippen molar-refractivity contribution < 1.29 is 9.59 Å². The normalized spacial score (nSPS) is 26.4. The van der Waals surface area contributed by atoms with E-state index in [1.165, 1.54) is 0 Å². The summed E-state index contributed by atoms with van der Waals surface area (Å²) in [4.78, 5) is 23.2. The molecule has 0 aromatic carbocycles. The largest absolute Gasteiger partial charge is 0.299 e. The van der Waals surface area contributed by atoms with Crippen molar-refractivity contribution >= 4 is 11.6 Å². The fourth-order valence-electron chi connectivity index (χ4n) is 1.96. The first-order chi connectivity index (χ1) is 5.99. The fraction of sp³-hybridized carbons (Fsp3) is 0.818. The molecular formula is C11H18O2. The van der Waals surface area contributed by atoms with E-state index in [2.05, 4.69) is 0 Å². The van der Waals surface area contributed by atoms with Crippen molar-refractivity contribution in [2.45, 2.75) is 46.5 Å². The quantitative estimate of drug-likeness (QED) is 0.628. The van der Waals surface area contributed by atoms with Crippen molar-refractivity contribution in [2.24, 2.45) is 11.3 Å². The minimum Gasteiger partial charge on any atom is -0.299 e. The topological polar surface area (TPSA) is 34.1 Å². The van der Waals surface area contributed by atoms with E-state index >= 15 is 0 Å². The molecule has 0 bridgehead atoms. The van der Waals surface area contributed by atoms with E-state index in [9.17, 15) is 9.59 Å². The van der Waals surface area contributed by atoms with E-state index in [0.29, 0.717) is 6.42 Å². The van der Waals surface area contributed by atoms with Gasteiger partial charge in [0.2, 0.25) is 0 Å². The van der Waals surface area contributed by atoms with Gasteiger partial charge in [-0.15, -0.1) is 0 Å². The minimum atomic E-state index is -0.282. The molecular weight excluding hydrogens is 164 g/mol. The third-order valence-electron chi connectivity index (χ3n) is 2.93. The van der Waals surface area contributed by atoms with Crippen molar-refractivity contribution in [1.82, 2.24) is 0 Å². The van der Waals surface area contributed by atoms with Crippen molar-refractivity contribution in [3.05, 3.63) is 0 Å². The van der Waals surface area contributed by atoms with Gasteiger partial charge in [-0.2, -0.15) is 0 Å². The molecule has 1 rings (SSSR count). The van der Waals surface area contributed by atoms with Gasteiger partial charge in [0.25, 0.3) is 0 Å². The highest BCUT2D eigenvalue weighted by Crippen LogP contribution is 2.38. The third-order valence-corrected chi connectivity index (χ3v) is 2.93. The SMILES string of the molecule is CCCC(=O)C1CCC(C)(C)C1=O. The van der Waals surface area contributed by atoms with Crippen molar-refractivity contribution in [3.8, 4) is 0 Å². The Morgan fingerprint density at radius 3 is 2.54 bits per heavy atom. The Morgan fingerprint density at radius 2 is 2.15 bits per heavy atom. The highest BCUT2D eigenvalue weighted by atomic mass is 16.2. The summed E-state index contributed by atoms with van der Waals surface area (Å²) in [6.07, 6.45) is 3.05. The van der Waals surface area contributed by atoms with Crippen molar-refractivity contribution in [3.63, 3.8) is 0 Å². The minimum absolute atomic E-state index is 0.151. The van der Waals surface area contributed by atoms with Crippen LogP contribution in [0.25, 0.3) is 0 Å². The van der Waals surface area contributed by atoms with E-state index in [1.807, 2.05) is 20.8 Å². The zero-order chi connectivity index (χ0) is 10.1. The molecule has 0 saturated heterocycles. The number of carbonyl (C=O) groups is 2. The number of ketones is 2. The van der Waals surface area contributed by atoms with Gasteiger partial charge in [0, 0.05) is 11.8 Å². The van der Waals surface area contributed by atoms with Crippen LogP contribution in [-0.4, -0.2) is 11.6 Å². The van der Waals surface area contributed by atoms with E-state index in [4.69, 9.17) is 0 Å². The molecule has 1 aliphatic carbocycles. The predicted octanol–water partition coefficient (Wildman–Crippen LogP) is 2.36. The summed E-state index contributed by atoms with van der Waals surface area (Å²) in [6.45, 7) is 5.85. The van der Waals surface area contributed by atoms with Gasteiger partial charge in [-0.05, 0) is 19.3 Å². The smallest absolute Gasteiger partial charge is 0.148 e. The van der Waals surface area contributed by atoms with Crippen LogP contribution < -0.4 is 0 Å². The molecule has 1 atom stereocenters. The van der Waals surface area contributed by atoms with Crippen LogP contribution in [0.1, 0.15) is 46.5 Å². The Balaban J connectivity index is 2.65. The van der Waals surface area contributed by atoms with Crippen molar-refractivity contribution in [2.75, 3.05) is 0 Å². The summed E-state index contributed by atoms with van der Waals surface area (Å²) in [5.41, 5.74) is -0.256. The lowest BCUT2D eigenvalue weighted by Gasteiger charge is -2.14. The fourth-order valence-corrected chi connectivity index (χ4v) is 1.96. The number of hydrogen-bond acceptors (Lipinski definition) is 2. The molecule has 13 heavy (non-hydrogen) atoms. The molecule has 0 radical (unpaired) electrons. The van der Waals surface area contributed by atoms with E-state index in [1.54, 1.807) is 0 Å². The highest BCUT2D eigenvalue weighted by molar-refractivity contribution is 6.06. The van der Waals surface area contributed by atoms with E-state index in [-0.39, 0.29) is 22.9 Å². The van der Waals surface area contributed by atoms with E-state index in [0.717, 1.165) is 19.3 Å². The lowest BCUT2D eigenvalue weighted by Crippen LogP contribution is -2.26. The summed E-state index contributed by atoms with van der Waals surface area (Å²) in [5, 5.41) is 0. The maximum atomic E-state index is 11.7. The molecule has 0 aliphatic heterocycles. The molecule has 1 aliphatic rings. The summed E-state index contributed by atoms with van der Waals surface area (Å²) in [6, 6.07) is 0. The third kappa shape index (κ3) is 1.98. The molecule has 0 N–H and O–H groups in total. The first-order valence-electron chi connectivity index (χ1n) is 5.06. The molecule has 0 aromatic heterocycles. The summed E-state index contributed by atoms with van der Waals surface area (Å²) < 4.78 is 0. The van der Waals surface area contributed by atoms with Gasteiger partial charge in [0.05, 0.1) is 5.92 Å². The van der Waals surface area contributed by atoms with Gasteiger partial charge in [-0.25, -0.2) is 0 Å². The maximum Gasteiger partial charge on any atom is 0.148 e. The van der Waals surface area contributed by atoms with Crippen LogP contribution in [0.5, 0.6) is 0 Å². The summed E-state index contributed by atoms with van der Waals surface area (Å²) in [5.74, 6) is 0.0268. The lowest BCUT2D eigenvalue weighted by atomic mass is 9.87. The molecule has 1 fully saturated rings. The number of hydrogen-bond donors (Lipinski definition) is 0. The van der Waals surface area contributed by atoms with Crippen LogP contribution in [0, 0.1) is 11.3 Å². The second kappa shape index (κ2) is 3.60. The Kier molecular flexibility index (Phi) is 2.89. The number of rotatable bonds is 3. The van der Waals surface area contributed by atoms with Gasteiger partial charge in [0.15, 0.2) is 0 Å². The zero-order valence-electron chi connectivity index (χ0n) is 8.72. The summed E-state index contributed by atoms with van der Waals surface area (Å²) in [7, 11) is 0. The molecule has 0 spiro atoms. The molecule has 1 saturated carbocycles. The van der Waals surface area contributed by atoms with Crippen LogP contribution in [0.4, 0.5) is 0 Å². The van der Waals surface area contributed by atoms with Gasteiger partial charge in [-0.1, -0.05) is 20.8 Å². The monoisotopic (exact) mass is 182 g/mol. The molecule has 0 heterocycles. The first kappa shape index (κ1) is 10.4. The Morgan fingerprint density at radius 1 is 1.54 bits per heavy atom. The second-order valence-corrected chi connectivity index (χ2v) is 4.56. The number of Topliss-reactive ketones (excluding diaryl/α,β-unsaturated/α-hetero) is 2. The molecule has 2 heteroatoms. The van der Waals surface area contributed by atoms with Crippen LogP contribution in [0.3, 0.4) is 0 Å². The van der Waals surface area contributed by atoms with Crippen LogP contribution >= 0.6 is 0 Å². The molecule has 0 aromatic rings. The van der Waals surface area contributed by atoms with Gasteiger partial charge in [-0.3, -0.25) is 9.59 Å². The Hall–Kier alpha value is -0.660. The maximum absolute atomic E-state index is 11.7. The molecule has 74 valence electrons. The van der Waals surface area contributed by atoms with Crippen LogP contribution in [0.2, 0.25) is 0 Å². The molecule has 1 unspecified atom stereocenters. The van der Waals surface area contributed by atoms with Crippen LogP contribution in [-0.2, 0) is 9.59 Å². The summed E-state index contributed by atoms with van der Waals surface area (Å²) >= 11 is 0. The lowest BCUT2D eigenvalue weighted by molar-refractivity contribution is -0.134. The zero-order valence-corrected chi connectivity index (χ0v) is 8.72. The second-order valence-electron chi connectivity index (χ2n) is 4.56. The van der Waals surface area contributed by atoms with Gasteiger partial charge in [0.1, 0.15) is 11.6 Å². The Labute approximate surface area is 79.7 Å². The molecule has 0 amide bonds. The molecule has 2 nitrogen and oxygen atoms in total. The van der Waals surface area contributed by atoms with Gasteiger partial charge >= 0.3 is 0 Å². The predicted molar refractivity (Wildman–Crippen MR) is 51.4 cm³/mol. The standard InChI is InChI=1S/C11H18O2/c1-4-5-9(12)8-6-7-11(2,3)10(8)13/h8H,4-7H2,1-3H3. The Bertz CT molecular complexity index is 228. The average Bonchev–Trinajstić information content (AvgIpc) is 2.28. The van der Waals surface area contributed by atoms with Crippen molar-refractivity contribution in [1.29, 1.82) is 0 Å². The number of carbonyl (C=O) groups excluding carboxylic acids is 2. The first-order valence-corrected chi connectivity index (χ1v) is 5.06. The highest BCUT2D eigenvalue weighted by Gasteiger charge is 2.43. The van der Waals surface area contributed by atoms with E-state index < -0.39 is 0 Å². The van der Waals surface area contributed by atoms with Crippen LogP contribution in [0.15, 0.2) is 0 Å². The van der Waals surface area contributed by atoms with Gasteiger partial charge < -0.3 is 0 Å².